The first kappa shape index (κ1) is 13.8. The summed E-state index contributed by atoms with van der Waals surface area (Å²) in [5, 5.41) is 3.45. The summed E-state index contributed by atoms with van der Waals surface area (Å²) < 4.78 is 13.7. The van der Waals surface area contributed by atoms with E-state index in [9.17, 15) is 4.39 Å². The lowest BCUT2D eigenvalue weighted by atomic mass is 10.0. The molecule has 2 rings (SSSR count). The number of nitrogens with one attached hydrogen (secondary N) is 1. The lowest BCUT2D eigenvalue weighted by Gasteiger charge is -2.22. The minimum absolute atomic E-state index is 0.0178. The summed E-state index contributed by atoms with van der Waals surface area (Å²) in [6.07, 6.45) is 0. The Morgan fingerprint density at radius 1 is 0.842 bits per heavy atom. The number of hydrogen-bond donors (Lipinski definition) is 1. The van der Waals surface area contributed by atoms with Crippen molar-refractivity contribution in [3.05, 3.63) is 71.0 Å². The lowest BCUT2D eigenvalue weighted by molar-refractivity contribution is 0.473. The highest BCUT2D eigenvalue weighted by atomic mass is 19.1. The molecule has 0 aromatic heterocycles. The van der Waals surface area contributed by atoms with Crippen molar-refractivity contribution in [2.45, 2.75) is 32.9 Å². The van der Waals surface area contributed by atoms with Crippen molar-refractivity contribution in [3.63, 3.8) is 0 Å². The molecule has 0 aliphatic rings. The van der Waals surface area contributed by atoms with E-state index in [2.05, 4.69) is 31.3 Å². The third-order valence-corrected chi connectivity index (χ3v) is 3.53. The van der Waals surface area contributed by atoms with Crippen LogP contribution in [0.2, 0.25) is 0 Å². The number of hydrogen-bond acceptors (Lipinski definition) is 1. The van der Waals surface area contributed by atoms with Crippen LogP contribution in [0.15, 0.2) is 48.5 Å². The molecule has 0 saturated heterocycles. The molecule has 0 heterocycles. The highest BCUT2D eigenvalue weighted by Gasteiger charge is 2.14. The molecule has 2 heteroatoms. The monoisotopic (exact) mass is 257 g/mol. The zero-order chi connectivity index (χ0) is 13.8. The van der Waals surface area contributed by atoms with Crippen molar-refractivity contribution in [2.24, 2.45) is 0 Å². The SMILES string of the molecule is Cc1ccccc1C(C)NC(C)c1ccccc1F. The van der Waals surface area contributed by atoms with E-state index < -0.39 is 0 Å². The van der Waals surface area contributed by atoms with Crippen LogP contribution < -0.4 is 5.32 Å². The summed E-state index contributed by atoms with van der Waals surface area (Å²) in [6, 6.07) is 15.4. The molecular formula is C17H20FN. The largest absolute Gasteiger partial charge is 0.304 e. The molecule has 2 atom stereocenters. The summed E-state index contributed by atoms with van der Waals surface area (Å²) in [5.41, 5.74) is 3.22. The minimum atomic E-state index is -0.153. The first-order valence-electron chi connectivity index (χ1n) is 6.65. The highest BCUT2D eigenvalue weighted by molar-refractivity contribution is 5.29. The number of rotatable bonds is 4. The summed E-state index contributed by atoms with van der Waals surface area (Å²) in [6.45, 7) is 6.20. The molecule has 2 aromatic rings. The second-order valence-electron chi connectivity index (χ2n) is 4.99. The van der Waals surface area contributed by atoms with Gasteiger partial charge < -0.3 is 5.32 Å². The smallest absolute Gasteiger partial charge is 0.127 e. The molecule has 0 radical (unpaired) electrons. The number of aryl methyl sites for hydroxylation is 1. The molecule has 0 spiro atoms. The normalized spacial score (nSPS) is 14.1. The lowest BCUT2D eigenvalue weighted by Crippen LogP contribution is -2.23. The zero-order valence-corrected chi connectivity index (χ0v) is 11.7. The fourth-order valence-corrected chi connectivity index (χ4v) is 2.45. The van der Waals surface area contributed by atoms with Crippen molar-refractivity contribution in [1.29, 1.82) is 0 Å². The second kappa shape index (κ2) is 5.98. The Hall–Kier alpha value is -1.67. The summed E-state index contributed by atoms with van der Waals surface area (Å²) >= 11 is 0. The van der Waals surface area contributed by atoms with Gasteiger partial charge in [0.05, 0.1) is 0 Å². The molecule has 2 unspecified atom stereocenters. The van der Waals surface area contributed by atoms with Crippen LogP contribution in [-0.4, -0.2) is 0 Å². The Bertz CT molecular complexity index is 501. The van der Waals surface area contributed by atoms with E-state index in [1.54, 1.807) is 6.07 Å². The van der Waals surface area contributed by atoms with Gasteiger partial charge in [-0.05, 0) is 38.0 Å². The van der Waals surface area contributed by atoms with Crippen molar-refractivity contribution < 1.29 is 4.39 Å². The average molecular weight is 257 g/mol. The third kappa shape index (κ3) is 3.21. The Morgan fingerprint density at radius 3 is 2.00 bits per heavy atom. The molecule has 1 nitrogen and oxygen atoms in total. The number of halogens is 1. The van der Waals surface area contributed by atoms with E-state index in [1.807, 2.05) is 31.2 Å². The summed E-state index contributed by atoms with van der Waals surface area (Å²) in [4.78, 5) is 0. The van der Waals surface area contributed by atoms with Crippen molar-refractivity contribution in [1.82, 2.24) is 5.32 Å². The quantitative estimate of drug-likeness (QED) is 0.847. The van der Waals surface area contributed by atoms with E-state index in [-0.39, 0.29) is 17.9 Å². The van der Waals surface area contributed by atoms with Gasteiger partial charge in [0.15, 0.2) is 0 Å². The van der Waals surface area contributed by atoms with Crippen LogP contribution in [0, 0.1) is 12.7 Å². The van der Waals surface area contributed by atoms with Crippen molar-refractivity contribution >= 4 is 0 Å². The molecule has 2 aromatic carbocycles. The molecular weight excluding hydrogens is 237 g/mol. The van der Waals surface area contributed by atoms with E-state index in [0.717, 1.165) is 0 Å². The van der Waals surface area contributed by atoms with Crippen molar-refractivity contribution in [3.8, 4) is 0 Å². The van der Waals surface area contributed by atoms with Gasteiger partial charge in [0, 0.05) is 17.6 Å². The topological polar surface area (TPSA) is 12.0 Å². The van der Waals surface area contributed by atoms with Crippen molar-refractivity contribution in [2.75, 3.05) is 0 Å². The molecule has 0 aliphatic carbocycles. The van der Waals surface area contributed by atoms with E-state index >= 15 is 0 Å². The predicted octanol–water partition coefficient (Wildman–Crippen LogP) is 4.55. The van der Waals surface area contributed by atoms with Gasteiger partial charge in [0.25, 0.3) is 0 Å². The summed E-state index contributed by atoms with van der Waals surface area (Å²) in [5.74, 6) is -0.153. The molecule has 0 saturated carbocycles. The Balaban J connectivity index is 2.13. The van der Waals surface area contributed by atoms with Crippen LogP contribution in [0.1, 0.15) is 42.6 Å². The third-order valence-electron chi connectivity index (χ3n) is 3.53. The van der Waals surface area contributed by atoms with Gasteiger partial charge in [-0.1, -0.05) is 42.5 Å². The van der Waals surface area contributed by atoms with Gasteiger partial charge in [-0.15, -0.1) is 0 Å². The highest BCUT2D eigenvalue weighted by Crippen LogP contribution is 2.23. The standard InChI is InChI=1S/C17H20FN/c1-12-8-4-5-9-15(12)13(2)19-14(3)16-10-6-7-11-17(16)18/h4-11,13-14,19H,1-3H3. The maximum absolute atomic E-state index is 13.7. The predicted molar refractivity (Wildman–Crippen MR) is 77.5 cm³/mol. The molecule has 0 aliphatic heterocycles. The van der Waals surface area contributed by atoms with Crippen LogP contribution in [0.5, 0.6) is 0 Å². The molecule has 19 heavy (non-hydrogen) atoms. The van der Waals surface area contributed by atoms with Gasteiger partial charge in [-0.3, -0.25) is 0 Å². The summed E-state index contributed by atoms with van der Waals surface area (Å²) in [7, 11) is 0. The molecule has 100 valence electrons. The zero-order valence-electron chi connectivity index (χ0n) is 11.7. The van der Waals surface area contributed by atoms with Crippen LogP contribution in [0.4, 0.5) is 4.39 Å². The Kier molecular flexibility index (Phi) is 4.33. The Labute approximate surface area is 114 Å². The van der Waals surface area contributed by atoms with Gasteiger partial charge in [-0.2, -0.15) is 0 Å². The van der Waals surface area contributed by atoms with E-state index in [4.69, 9.17) is 0 Å². The fourth-order valence-electron chi connectivity index (χ4n) is 2.45. The molecule has 1 N–H and O–H groups in total. The first-order valence-corrected chi connectivity index (χ1v) is 6.65. The minimum Gasteiger partial charge on any atom is -0.304 e. The van der Waals surface area contributed by atoms with Crippen LogP contribution in [-0.2, 0) is 0 Å². The van der Waals surface area contributed by atoms with Gasteiger partial charge >= 0.3 is 0 Å². The second-order valence-corrected chi connectivity index (χ2v) is 4.99. The van der Waals surface area contributed by atoms with Crippen LogP contribution >= 0.6 is 0 Å². The molecule has 0 fully saturated rings. The van der Waals surface area contributed by atoms with Gasteiger partial charge in [-0.25, -0.2) is 4.39 Å². The van der Waals surface area contributed by atoms with Crippen LogP contribution in [0.3, 0.4) is 0 Å². The maximum atomic E-state index is 13.7. The van der Waals surface area contributed by atoms with E-state index in [0.29, 0.717) is 5.56 Å². The first-order chi connectivity index (χ1) is 9.09. The average Bonchev–Trinajstić information content (AvgIpc) is 2.39. The molecule has 0 bridgehead atoms. The fraction of sp³-hybridized carbons (Fsp3) is 0.294. The molecule has 0 amide bonds. The van der Waals surface area contributed by atoms with Crippen LogP contribution in [0.25, 0.3) is 0 Å². The maximum Gasteiger partial charge on any atom is 0.127 e. The number of benzene rings is 2. The van der Waals surface area contributed by atoms with Gasteiger partial charge in [0.2, 0.25) is 0 Å². The Morgan fingerprint density at radius 2 is 1.37 bits per heavy atom. The van der Waals surface area contributed by atoms with E-state index in [1.165, 1.54) is 17.2 Å². The van der Waals surface area contributed by atoms with Gasteiger partial charge in [0.1, 0.15) is 5.82 Å².